The van der Waals surface area contributed by atoms with Gasteiger partial charge in [0.2, 0.25) is 5.75 Å². The van der Waals surface area contributed by atoms with Gasteiger partial charge in [-0.2, -0.15) is 0 Å². The van der Waals surface area contributed by atoms with Gasteiger partial charge in [0.1, 0.15) is 5.69 Å². The predicted molar refractivity (Wildman–Crippen MR) is 119 cm³/mol. The van der Waals surface area contributed by atoms with E-state index in [1.54, 1.807) is 24.4 Å². The number of H-pyrrole nitrogens is 1. The molecule has 0 unspecified atom stereocenters. The molecule has 2 N–H and O–H groups in total. The van der Waals surface area contributed by atoms with Crippen molar-refractivity contribution in [2.75, 3.05) is 0 Å². The monoisotopic (exact) mass is 411 g/mol. The molecule has 0 bridgehead atoms. The second-order valence-electron chi connectivity index (χ2n) is 7.17. The first-order valence-electron chi connectivity index (χ1n) is 10.0. The Morgan fingerprint density at radius 1 is 0.903 bits per heavy atom. The lowest BCUT2D eigenvalue weighted by Gasteiger charge is -2.07. The standard InChI is InChI=1S/C25H21N3O3/c29-21(22-23(30)25(31)28-24(27-22)20-10-4-5-16-26-20)11-6-7-17-12-14-19(15-13-17)18-8-2-1-3-9-18/h1-5,8-10,12-16,30H,6-7,11H2,(H,27,28,31). The van der Waals surface area contributed by atoms with Gasteiger partial charge in [0.05, 0.1) is 0 Å². The number of nitrogens with one attached hydrogen (secondary N) is 1. The summed E-state index contributed by atoms with van der Waals surface area (Å²) in [7, 11) is 0. The molecule has 31 heavy (non-hydrogen) atoms. The third-order valence-corrected chi connectivity index (χ3v) is 5.00. The largest absolute Gasteiger partial charge is 0.501 e. The zero-order valence-electron chi connectivity index (χ0n) is 16.8. The molecule has 0 aliphatic rings. The Kier molecular flexibility index (Phi) is 5.98. The Bertz CT molecular complexity index is 1230. The maximum absolute atomic E-state index is 12.6. The average Bonchev–Trinajstić information content (AvgIpc) is 2.82. The number of rotatable bonds is 7. The SMILES string of the molecule is O=C(CCCc1ccc(-c2ccccc2)cc1)c1nc(-c2ccccn2)[nH]c(=O)c1O. The van der Waals surface area contributed by atoms with Gasteiger partial charge in [-0.1, -0.05) is 60.7 Å². The molecule has 0 saturated heterocycles. The fourth-order valence-electron chi connectivity index (χ4n) is 3.35. The first kappa shape index (κ1) is 20.2. The third kappa shape index (κ3) is 4.75. The zero-order chi connectivity index (χ0) is 21.6. The number of hydrogen-bond donors (Lipinski definition) is 2. The number of aromatic hydroxyl groups is 1. The van der Waals surface area contributed by atoms with Crippen LogP contribution in [-0.4, -0.2) is 25.8 Å². The fourth-order valence-corrected chi connectivity index (χ4v) is 3.35. The van der Waals surface area contributed by atoms with E-state index in [4.69, 9.17) is 0 Å². The average molecular weight is 411 g/mol. The van der Waals surface area contributed by atoms with E-state index in [-0.39, 0.29) is 23.7 Å². The van der Waals surface area contributed by atoms with Crippen LogP contribution in [0.3, 0.4) is 0 Å². The molecular weight excluding hydrogens is 390 g/mol. The van der Waals surface area contributed by atoms with Crippen molar-refractivity contribution < 1.29 is 9.90 Å². The van der Waals surface area contributed by atoms with Gasteiger partial charge in [-0.3, -0.25) is 14.6 Å². The molecular formula is C25H21N3O3. The number of aryl methyl sites for hydroxylation is 1. The number of benzene rings is 2. The maximum atomic E-state index is 12.6. The highest BCUT2D eigenvalue weighted by molar-refractivity contribution is 5.96. The van der Waals surface area contributed by atoms with Crippen molar-refractivity contribution >= 4 is 5.78 Å². The number of aromatic amines is 1. The highest BCUT2D eigenvalue weighted by Gasteiger charge is 2.18. The molecule has 2 aromatic carbocycles. The minimum absolute atomic E-state index is 0.156. The van der Waals surface area contributed by atoms with Crippen molar-refractivity contribution in [2.24, 2.45) is 0 Å². The number of carbonyl (C=O) groups excluding carboxylic acids is 1. The summed E-state index contributed by atoms with van der Waals surface area (Å²) < 4.78 is 0. The molecule has 0 aliphatic heterocycles. The summed E-state index contributed by atoms with van der Waals surface area (Å²) in [5.74, 6) is -0.873. The van der Waals surface area contributed by atoms with Crippen LogP contribution < -0.4 is 5.56 Å². The second kappa shape index (κ2) is 9.17. The van der Waals surface area contributed by atoms with Crippen LogP contribution in [-0.2, 0) is 6.42 Å². The van der Waals surface area contributed by atoms with E-state index in [0.29, 0.717) is 18.5 Å². The van der Waals surface area contributed by atoms with E-state index in [1.165, 1.54) is 0 Å². The fraction of sp³-hybridized carbons (Fsp3) is 0.120. The summed E-state index contributed by atoms with van der Waals surface area (Å²) >= 11 is 0. The van der Waals surface area contributed by atoms with Gasteiger partial charge in [-0.15, -0.1) is 0 Å². The molecule has 0 fully saturated rings. The van der Waals surface area contributed by atoms with E-state index in [2.05, 4.69) is 51.4 Å². The number of aromatic nitrogens is 3. The van der Waals surface area contributed by atoms with Crippen molar-refractivity contribution in [3.63, 3.8) is 0 Å². The summed E-state index contributed by atoms with van der Waals surface area (Å²) in [4.78, 5) is 35.4. The van der Waals surface area contributed by atoms with Gasteiger partial charge in [0, 0.05) is 12.6 Å². The van der Waals surface area contributed by atoms with Crippen LogP contribution >= 0.6 is 0 Å². The van der Waals surface area contributed by atoms with Crippen LogP contribution in [0.15, 0.2) is 83.8 Å². The van der Waals surface area contributed by atoms with Crippen molar-refractivity contribution in [3.05, 3.63) is 101 Å². The molecule has 154 valence electrons. The number of carbonyl (C=O) groups is 1. The van der Waals surface area contributed by atoms with E-state index in [9.17, 15) is 14.7 Å². The van der Waals surface area contributed by atoms with Gasteiger partial charge < -0.3 is 10.1 Å². The quantitative estimate of drug-likeness (QED) is 0.439. The summed E-state index contributed by atoms with van der Waals surface area (Å²) in [6.07, 6.45) is 3.02. The molecule has 2 heterocycles. The van der Waals surface area contributed by atoms with Crippen LogP contribution in [0.4, 0.5) is 0 Å². The minimum atomic E-state index is -0.754. The van der Waals surface area contributed by atoms with Gasteiger partial charge in [0.15, 0.2) is 17.3 Å². The Hall–Kier alpha value is -4.06. The number of pyridine rings is 1. The number of hydrogen-bond acceptors (Lipinski definition) is 5. The molecule has 2 aromatic heterocycles. The number of nitrogens with zero attached hydrogens (tertiary/aromatic N) is 2. The van der Waals surface area contributed by atoms with Crippen LogP contribution in [0.1, 0.15) is 28.9 Å². The predicted octanol–water partition coefficient (Wildman–Crippen LogP) is 4.41. The van der Waals surface area contributed by atoms with E-state index >= 15 is 0 Å². The van der Waals surface area contributed by atoms with Gasteiger partial charge in [0.25, 0.3) is 5.56 Å². The molecule has 0 atom stereocenters. The topological polar surface area (TPSA) is 95.9 Å². The molecule has 0 amide bonds. The van der Waals surface area contributed by atoms with Crippen LogP contribution in [0.25, 0.3) is 22.6 Å². The maximum Gasteiger partial charge on any atom is 0.294 e. The number of Topliss-reactive ketones (excluding diaryl/α,β-unsaturated/α-hetero) is 1. The highest BCUT2D eigenvalue weighted by Crippen LogP contribution is 2.21. The molecule has 0 spiro atoms. The molecule has 6 nitrogen and oxygen atoms in total. The van der Waals surface area contributed by atoms with Crippen molar-refractivity contribution in [1.82, 2.24) is 15.0 Å². The minimum Gasteiger partial charge on any atom is -0.501 e. The highest BCUT2D eigenvalue weighted by atomic mass is 16.3. The molecule has 4 rings (SSSR count). The van der Waals surface area contributed by atoms with Crippen LogP contribution in [0.5, 0.6) is 5.75 Å². The Morgan fingerprint density at radius 3 is 2.32 bits per heavy atom. The summed E-state index contributed by atoms with van der Waals surface area (Å²) in [6.45, 7) is 0. The lowest BCUT2D eigenvalue weighted by molar-refractivity contribution is 0.0972. The Labute approximate surface area is 179 Å². The van der Waals surface area contributed by atoms with Crippen molar-refractivity contribution in [1.29, 1.82) is 0 Å². The summed E-state index contributed by atoms with van der Waals surface area (Å²) in [5, 5.41) is 10.0. The Balaban J connectivity index is 1.42. The van der Waals surface area contributed by atoms with E-state index < -0.39 is 11.3 Å². The molecule has 0 aliphatic carbocycles. The number of ketones is 1. The van der Waals surface area contributed by atoms with E-state index in [0.717, 1.165) is 16.7 Å². The first-order chi connectivity index (χ1) is 15.1. The second-order valence-corrected chi connectivity index (χ2v) is 7.17. The van der Waals surface area contributed by atoms with Crippen LogP contribution in [0.2, 0.25) is 0 Å². The lowest BCUT2D eigenvalue weighted by Crippen LogP contribution is -2.16. The summed E-state index contributed by atoms with van der Waals surface area (Å²) in [6, 6.07) is 23.5. The first-order valence-corrected chi connectivity index (χ1v) is 10.0. The lowest BCUT2D eigenvalue weighted by atomic mass is 10.0. The van der Waals surface area contributed by atoms with Gasteiger partial charge in [-0.05, 0) is 41.7 Å². The smallest absolute Gasteiger partial charge is 0.294 e. The van der Waals surface area contributed by atoms with Gasteiger partial charge in [-0.25, -0.2) is 4.98 Å². The normalized spacial score (nSPS) is 10.7. The van der Waals surface area contributed by atoms with Crippen molar-refractivity contribution in [3.8, 4) is 28.4 Å². The molecule has 6 heteroatoms. The summed E-state index contributed by atoms with van der Waals surface area (Å²) in [5.41, 5.74) is 2.86. The third-order valence-electron chi connectivity index (χ3n) is 5.00. The Morgan fingerprint density at radius 2 is 1.61 bits per heavy atom. The van der Waals surface area contributed by atoms with Crippen molar-refractivity contribution in [2.45, 2.75) is 19.3 Å². The molecule has 0 saturated carbocycles. The van der Waals surface area contributed by atoms with Gasteiger partial charge >= 0.3 is 0 Å². The molecule has 4 aromatic rings. The molecule has 0 radical (unpaired) electrons. The van der Waals surface area contributed by atoms with Crippen LogP contribution in [0, 0.1) is 0 Å². The van der Waals surface area contributed by atoms with E-state index in [1.807, 2.05) is 18.2 Å². The zero-order valence-corrected chi connectivity index (χ0v) is 16.8.